The van der Waals surface area contributed by atoms with Gasteiger partial charge in [0.2, 0.25) is 0 Å². The molecular weight excluding hydrogens is 264 g/mol. The second-order valence-corrected chi connectivity index (χ2v) is 4.79. The van der Waals surface area contributed by atoms with E-state index in [1.165, 1.54) is 0 Å². The maximum atomic E-state index is 4.44. The van der Waals surface area contributed by atoms with Crippen molar-refractivity contribution < 1.29 is 0 Å². The van der Waals surface area contributed by atoms with Gasteiger partial charge in [0.25, 0.3) is 0 Å². The lowest BCUT2D eigenvalue weighted by atomic mass is 10.1. The summed E-state index contributed by atoms with van der Waals surface area (Å²) in [6.45, 7) is 3.04. The zero-order valence-electron chi connectivity index (χ0n) is 11.9. The molecule has 1 aromatic carbocycles. The summed E-state index contributed by atoms with van der Waals surface area (Å²) in [5, 5.41) is 18.8. The van der Waals surface area contributed by atoms with Gasteiger partial charge in [0, 0.05) is 6.20 Å². The summed E-state index contributed by atoms with van der Waals surface area (Å²) >= 11 is 0. The van der Waals surface area contributed by atoms with Crippen LogP contribution in [0.15, 0.2) is 48.8 Å². The van der Waals surface area contributed by atoms with Gasteiger partial charge in [-0.3, -0.25) is 0 Å². The van der Waals surface area contributed by atoms with Gasteiger partial charge in [0.05, 0.1) is 23.6 Å². The Morgan fingerprint density at radius 3 is 2.81 bits per heavy atom. The number of hydrogen-bond donors (Lipinski definition) is 2. The number of rotatable bonds is 6. The lowest BCUT2D eigenvalue weighted by Crippen LogP contribution is -2.26. The maximum absolute atomic E-state index is 4.44. The lowest BCUT2D eigenvalue weighted by molar-refractivity contribution is 0.558. The second kappa shape index (κ2) is 6.32. The van der Waals surface area contributed by atoms with Gasteiger partial charge in [0.1, 0.15) is 5.69 Å². The topological polar surface area (TPSA) is 71.4 Å². The molecule has 0 amide bonds. The van der Waals surface area contributed by atoms with E-state index in [9.17, 15) is 0 Å². The minimum absolute atomic E-state index is 0.0357. The van der Waals surface area contributed by atoms with Crippen LogP contribution in [-0.4, -0.2) is 31.7 Å². The predicted octanol–water partition coefficient (Wildman–Crippen LogP) is 2.08. The molecule has 2 aromatic heterocycles. The van der Waals surface area contributed by atoms with Crippen LogP contribution in [0, 0.1) is 0 Å². The summed E-state index contributed by atoms with van der Waals surface area (Å²) in [5.41, 5.74) is 2.94. The fourth-order valence-corrected chi connectivity index (χ4v) is 2.32. The Morgan fingerprint density at radius 1 is 1.24 bits per heavy atom. The first-order valence-electron chi connectivity index (χ1n) is 7.08. The minimum Gasteiger partial charge on any atom is -0.304 e. The van der Waals surface area contributed by atoms with Crippen LogP contribution in [-0.2, 0) is 0 Å². The largest absolute Gasteiger partial charge is 0.304 e. The van der Waals surface area contributed by atoms with Crippen LogP contribution in [0.5, 0.6) is 0 Å². The van der Waals surface area contributed by atoms with E-state index < -0.39 is 0 Å². The van der Waals surface area contributed by atoms with E-state index in [0.29, 0.717) is 0 Å². The highest BCUT2D eigenvalue weighted by Gasteiger charge is 2.20. The van der Waals surface area contributed by atoms with Crippen molar-refractivity contribution in [2.75, 3.05) is 6.54 Å². The molecular formula is C15H18N6. The van der Waals surface area contributed by atoms with Gasteiger partial charge < -0.3 is 5.32 Å². The molecule has 0 spiro atoms. The van der Waals surface area contributed by atoms with E-state index in [2.05, 4.69) is 32.7 Å². The van der Waals surface area contributed by atoms with Crippen molar-refractivity contribution in [1.82, 2.24) is 30.5 Å². The third-order valence-corrected chi connectivity index (χ3v) is 3.30. The zero-order chi connectivity index (χ0) is 14.5. The number of para-hydroxylation sites is 1. The fourth-order valence-electron chi connectivity index (χ4n) is 2.32. The number of H-pyrrole nitrogens is 1. The third-order valence-electron chi connectivity index (χ3n) is 3.30. The van der Waals surface area contributed by atoms with Gasteiger partial charge in [-0.05, 0) is 31.2 Å². The first-order valence-corrected chi connectivity index (χ1v) is 7.08. The first kappa shape index (κ1) is 13.5. The van der Waals surface area contributed by atoms with Crippen LogP contribution < -0.4 is 5.32 Å². The van der Waals surface area contributed by atoms with Gasteiger partial charge in [-0.15, -0.1) is 0 Å². The Balaban J connectivity index is 1.99. The molecule has 6 nitrogen and oxygen atoms in total. The third kappa shape index (κ3) is 2.85. The molecule has 1 unspecified atom stereocenters. The molecule has 108 valence electrons. The highest BCUT2D eigenvalue weighted by atomic mass is 15.3. The Bertz CT molecular complexity index is 659. The van der Waals surface area contributed by atoms with E-state index >= 15 is 0 Å². The highest BCUT2D eigenvalue weighted by Crippen LogP contribution is 2.22. The number of benzene rings is 1. The molecule has 0 aliphatic carbocycles. The molecule has 2 heterocycles. The number of hydrogen-bond acceptors (Lipinski definition) is 4. The molecule has 0 saturated heterocycles. The quantitative estimate of drug-likeness (QED) is 0.726. The van der Waals surface area contributed by atoms with Gasteiger partial charge in [-0.2, -0.15) is 20.5 Å². The number of nitrogens with one attached hydrogen (secondary N) is 2. The van der Waals surface area contributed by atoms with Crippen LogP contribution in [0.2, 0.25) is 0 Å². The number of aromatic amines is 1. The van der Waals surface area contributed by atoms with Crippen molar-refractivity contribution in [1.29, 1.82) is 0 Å². The number of aromatic nitrogens is 5. The molecule has 2 N–H and O–H groups in total. The van der Waals surface area contributed by atoms with Crippen molar-refractivity contribution in [3.05, 3.63) is 60.2 Å². The molecule has 1 atom stereocenters. The van der Waals surface area contributed by atoms with Crippen LogP contribution in [0.25, 0.3) is 5.69 Å². The molecule has 0 aliphatic heterocycles. The molecule has 0 fully saturated rings. The molecule has 0 bridgehead atoms. The Hall–Kier alpha value is -2.47. The molecule has 0 radical (unpaired) electrons. The second-order valence-electron chi connectivity index (χ2n) is 4.79. The average molecular weight is 282 g/mol. The van der Waals surface area contributed by atoms with Crippen LogP contribution in [0.4, 0.5) is 0 Å². The zero-order valence-corrected chi connectivity index (χ0v) is 11.9. The standard InChI is InChI=1S/C15H18N6/c1-2-9-16-15(13-11-17-20-19-13)14-8-10-18-21(14)12-6-4-3-5-7-12/h3-8,10-11,15-16H,2,9H2,1H3,(H,17,19,20). The SMILES string of the molecule is CCCNC(c1cn[nH]n1)c1ccnn1-c1ccccc1. The monoisotopic (exact) mass is 282 g/mol. The first-order chi connectivity index (χ1) is 10.4. The summed E-state index contributed by atoms with van der Waals surface area (Å²) in [6.07, 6.45) is 4.60. The number of nitrogens with zero attached hydrogens (tertiary/aromatic N) is 4. The normalized spacial score (nSPS) is 12.4. The van der Waals surface area contributed by atoms with E-state index in [1.807, 2.05) is 47.3 Å². The van der Waals surface area contributed by atoms with Crippen LogP contribution >= 0.6 is 0 Å². The summed E-state index contributed by atoms with van der Waals surface area (Å²) in [5.74, 6) is 0. The van der Waals surface area contributed by atoms with E-state index in [4.69, 9.17) is 0 Å². The smallest absolute Gasteiger partial charge is 0.105 e. The Morgan fingerprint density at radius 2 is 2.10 bits per heavy atom. The Labute approximate surface area is 123 Å². The summed E-state index contributed by atoms with van der Waals surface area (Å²) < 4.78 is 1.93. The molecule has 3 rings (SSSR count). The molecule has 21 heavy (non-hydrogen) atoms. The molecule has 0 saturated carbocycles. The Kier molecular flexibility index (Phi) is 4.07. The average Bonchev–Trinajstić information content (AvgIpc) is 3.20. The summed E-state index contributed by atoms with van der Waals surface area (Å²) in [4.78, 5) is 0. The van der Waals surface area contributed by atoms with Gasteiger partial charge in [0.15, 0.2) is 0 Å². The van der Waals surface area contributed by atoms with Crippen molar-refractivity contribution in [3.63, 3.8) is 0 Å². The van der Waals surface area contributed by atoms with Crippen molar-refractivity contribution >= 4 is 0 Å². The van der Waals surface area contributed by atoms with Crippen LogP contribution in [0.1, 0.15) is 30.8 Å². The fraction of sp³-hybridized carbons (Fsp3) is 0.267. The van der Waals surface area contributed by atoms with Crippen molar-refractivity contribution in [3.8, 4) is 5.69 Å². The van der Waals surface area contributed by atoms with Gasteiger partial charge in [-0.1, -0.05) is 25.1 Å². The molecule has 6 heteroatoms. The van der Waals surface area contributed by atoms with E-state index in [0.717, 1.165) is 30.0 Å². The predicted molar refractivity (Wildman–Crippen MR) is 80.1 cm³/mol. The maximum Gasteiger partial charge on any atom is 0.105 e. The van der Waals surface area contributed by atoms with E-state index in [-0.39, 0.29) is 6.04 Å². The summed E-state index contributed by atoms with van der Waals surface area (Å²) in [6, 6.07) is 12.1. The lowest BCUT2D eigenvalue weighted by Gasteiger charge is -2.17. The molecule has 3 aromatic rings. The van der Waals surface area contributed by atoms with Gasteiger partial charge in [-0.25, -0.2) is 4.68 Å². The van der Waals surface area contributed by atoms with Gasteiger partial charge >= 0.3 is 0 Å². The minimum atomic E-state index is -0.0357. The highest BCUT2D eigenvalue weighted by molar-refractivity contribution is 5.34. The summed E-state index contributed by atoms with van der Waals surface area (Å²) in [7, 11) is 0. The van der Waals surface area contributed by atoms with Crippen LogP contribution in [0.3, 0.4) is 0 Å². The molecule has 0 aliphatic rings. The van der Waals surface area contributed by atoms with Crippen molar-refractivity contribution in [2.45, 2.75) is 19.4 Å². The van der Waals surface area contributed by atoms with Crippen molar-refractivity contribution in [2.24, 2.45) is 0 Å². The van der Waals surface area contributed by atoms with E-state index in [1.54, 1.807) is 6.20 Å².